The van der Waals surface area contributed by atoms with Gasteiger partial charge in [-0.2, -0.15) is 0 Å². The molecule has 4 heteroatoms. The van der Waals surface area contributed by atoms with Crippen LogP contribution in [0.25, 0.3) is 0 Å². The molecular weight excluding hydrogens is 268 g/mol. The molecule has 0 aromatic heterocycles. The number of rotatable bonds is 3. The first kappa shape index (κ1) is 14.1. The normalized spacial score (nSPS) is 28.0. The van der Waals surface area contributed by atoms with E-state index in [1.807, 2.05) is 18.2 Å². The Kier molecular flexibility index (Phi) is 3.97. The molecule has 1 unspecified atom stereocenters. The van der Waals surface area contributed by atoms with Crippen LogP contribution in [0.5, 0.6) is 0 Å². The number of esters is 1. The van der Waals surface area contributed by atoms with Gasteiger partial charge in [0.25, 0.3) is 0 Å². The predicted octanol–water partition coefficient (Wildman–Crippen LogP) is 2.65. The standard InChI is InChI=1S/C17H20O4/c1-19-15-10-21-16-13(15)8-12(9-14(16)17(18)20-2)11-6-4-3-5-7-11/h3-7,12-13,15H,8-10H2,1-2H3/t12?,13-,15-/m0/s1. The largest absolute Gasteiger partial charge is 0.494 e. The van der Waals surface area contributed by atoms with E-state index >= 15 is 0 Å². The number of carbonyl (C=O) groups is 1. The fourth-order valence-electron chi connectivity index (χ4n) is 3.39. The molecule has 0 radical (unpaired) electrons. The van der Waals surface area contributed by atoms with Crippen LogP contribution in [0.15, 0.2) is 41.7 Å². The minimum Gasteiger partial charge on any atom is -0.494 e. The zero-order valence-corrected chi connectivity index (χ0v) is 12.4. The Bertz CT molecular complexity index is 549. The quantitative estimate of drug-likeness (QED) is 0.802. The number of ether oxygens (including phenoxy) is 3. The molecule has 1 aromatic carbocycles. The van der Waals surface area contributed by atoms with Crippen LogP contribution in [-0.4, -0.2) is 32.9 Å². The second-order valence-electron chi connectivity index (χ2n) is 5.57. The summed E-state index contributed by atoms with van der Waals surface area (Å²) in [4.78, 5) is 12.1. The SMILES string of the molecule is COC(=O)C1=C2OC[C@H](OC)[C@@H]2CC(c2ccccc2)C1. The molecule has 1 fully saturated rings. The molecule has 21 heavy (non-hydrogen) atoms. The zero-order chi connectivity index (χ0) is 14.8. The van der Waals surface area contributed by atoms with E-state index in [-0.39, 0.29) is 18.0 Å². The summed E-state index contributed by atoms with van der Waals surface area (Å²) in [5.74, 6) is 0.935. The van der Waals surface area contributed by atoms with Gasteiger partial charge >= 0.3 is 5.97 Å². The molecule has 3 rings (SSSR count). The Hall–Kier alpha value is -1.81. The van der Waals surface area contributed by atoms with Gasteiger partial charge in [-0.15, -0.1) is 0 Å². The van der Waals surface area contributed by atoms with Crippen LogP contribution >= 0.6 is 0 Å². The van der Waals surface area contributed by atoms with Gasteiger partial charge in [0.2, 0.25) is 0 Å². The number of hydrogen-bond donors (Lipinski definition) is 0. The van der Waals surface area contributed by atoms with Crippen molar-refractivity contribution in [2.24, 2.45) is 5.92 Å². The summed E-state index contributed by atoms with van der Waals surface area (Å²) in [5, 5.41) is 0. The molecule has 0 spiro atoms. The van der Waals surface area contributed by atoms with E-state index in [0.717, 1.165) is 12.2 Å². The highest BCUT2D eigenvalue weighted by Gasteiger charge is 2.43. The van der Waals surface area contributed by atoms with Gasteiger partial charge in [-0.1, -0.05) is 30.3 Å². The number of methoxy groups -OCH3 is 2. The zero-order valence-electron chi connectivity index (χ0n) is 12.4. The third-order valence-electron chi connectivity index (χ3n) is 4.48. The first-order chi connectivity index (χ1) is 10.2. The van der Waals surface area contributed by atoms with E-state index in [9.17, 15) is 4.79 Å². The summed E-state index contributed by atoms with van der Waals surface area (Å²) in [5.41, 5.74) is 1.92. The number of carbonyl (C=O) groups excluding carboxylic acids is 1. The van der Waals surface area contributed by atoms with E-state index in [2.05, 4.69) is 12.1 Å². The highest BCUT2D eigenvalue weighted by Crippen LogP contribution is 2.45. The fourth-order valence-corrected chi connectivity index (χ4v) is 3.39. The van der Waals surface area contributed by atoms with Gasteiger partial charge in [-0.3, -0.25) is 0 Å². The summed E-state index contributed by atoms with van der Waals surface area (Å²) in [6, 6.07) is 10.3. The van der Waals surface area contributed by atoms with Crippen molar-refractivity contribution in [3.63, 3.8) is 0 Å². The third-order valence-corrected chi connectivity index (χ3v) is 4.48. The van der Waals surface area contributed by atoms with Crippen LogP contribution in [0.1, 0.15) is 24.3 Å². The lowest BCUT2D eigenvalue weighted by Gasteiger charge is -2.29. The minimum atomic E-state index is -0.285. The van der Waals surface area contributed by atoms with E-state index in [0.29, 0.717) is 24.5 Å². The van der Waals surface area contributed by atoms with Gasteiger partial charge in [0, 0.05) is 13.0 Å². The van der Waals surface area contributed by atoms with Crippen molar-refractivity contribution in [1.29, 1.82) is 0 Å². The summed E-state index contributed by atoms with van der Waals surface area (Å²) < 4.78 is 16.2. The molecule has 1 heterocycles. The van der Waals surface area contributed by atoms with Crippen molar-refractivity contribution in [3.8, 4) is 0 Å². The van der Waals surface area contributed by atoms with Gasteiger partial charge in [0.05, 0.1) is 12.7 Å². The van der Waals surface area contributed by atoms with Crippen LogP contribution in [0.2, 0.25) is 0 Å². The van der Waals surface area contributed by atoms with Gasteiger partial charge < -0.3 is 14.2 Å². The average molecular weight is 288 g/mol. The monoisotopic (exact) mass is 288 g/mol. The second-order valence-corrected chi connectivity index (χ2v) is 5.57. The van der Waals surface area contributed by atoms with Gasteiger partial charge in [-0.25, -0.2) is 4.79 Å². The Balaban J connectivity index is 1.95. The lowest BCUT2D eigenvalue weighted by molar-refractivity contribution is -0.136. The smallest absolute Gasteiger partial charge is 0.337 e. The van der Waals surface area contributed by atoms with Crippen LogP contribution in [0, 0.1) is 5.92 Å². The molecule has 0 bridgehead atoms. The lowest BCUT2D eigenvalue weighted by atomic mass is 9.76. The van der Waals surface area contributed by atoms with Crippen molar-refractivity contribution < 1.29 is 19.0 Å². The van der Waals surface area contributed by atoms with Crippen molar-refractivity contribution in [2.45, 2.75) is 24.9 Å². The molecular formula is C17H20O4. The van der Waals surface area contributed by atoms with E-state index in [4.69, 9.17) is 14.2 Å². The molecule has 1 aliphatic heterocycles. The van der Waals surface area contributed by atoms with Crippen LogP contribution in [0.4, 0.5) is 0 Å². The predicted molar refractivity (Wildman–Crippen MR) is 77.7 cm³/mol. The number of fused-ring (bicyclic) bond motifs is 1. The molecule has 0 N–H and O–H groups in total. The maximum absolute atomic E-state index is 12.1. The van der Waals surface area contributed by atoms with Crippen LogP contribution < -0.4 is 0 Å². The fraction of sp³-hybridized carbons (Fsp3) is 0.471. The highest BCUT2D eigenvalue weighted by molar-refractivity contribution is 5.89. The maximum atomic E-state index is 12.1. The minimum absolute atomic E-state index is 0.0196. The number of benzene rings is 1. The Morgan fingerprint density at radius 2 is 2.00 bits per heavy atom. The van der Waals surface area contributed by atoms with Crippen molar-refractivity contribution in [1.82, 2.24) is 0 Å². The van der Waals surface area contributed by atoms with E-state index in [1.54, 1.807) is 7.11 Å². The van der Waals surface area contributed by atoms with E-state index in [1.165, 1.54) is 12.7 Å². The molecule has 1 saturated heterocycles. The molecule has 0 saturated carbocycles. The van der Waals surface area contributed by atoms with Gasteiger partial charge in [0.1, 0.15) is 18.5 Å². The topological polar surface area (TPSA) is 44.8 Å². The van der Waals surface area contributed by atoms with Crippen molar-refractivity contribution in [2.75, 3.05) is 20.8 Å². The van der Waals surface area contributed by atoms with E-state index < -0.39 is 0 Å². The van der Waals surface area contributed by atoms with Crippen molar-refractivity contribution >= 4 is 5.97 Å². The summed E-state index contributed by atoms with van der Waals surface area (Å²) in [6.07, 6.45) is 1.63. The van der Waals surface area contributed by atoms with Gasteiger partial charge in [-0.05, 0) is 24.3 Å². The first-order valence-electron chi connectivity index (χ1n) is 7.26. The highest BCUT2D eigenvalue weighted by atomic mass is 16.5. The molecule has 1 aromatic rings. The Labute approximate surface area is 124 Å². The summed E-state index contributed by atoms with van der Waals surface area (Å²) in [6.45, 7) is 0.512. The summed E-state index contributed by atoms with van der Waals surface area (Å²) in [7, 11) is 3.11. The second kappa shape index (κ2) is 5.90. The van der Waals surface area contributed by atoms with Crippen molar-refractivity contribution in [3.05, 3.63) is 47.2 Å². The molecule has 112 valence electrons. The molecule has 1 aliphatic carbocycles. The number of hydrogen-bond acceptors (Lipinski definition) is 4. The third kappa shape index (κ3) is 2.56. The first-order valence-corrected chi connectivity index (χ1v) is 7.26. The Morgan fingerprint density at radius 1 is 1.24 bits per heavy atom. The average Bonchev–Trinajstić information content (AvgIpc) is 2.97. The van der Waals surface area contributed by atoms with Crippen LogP contribution in [0.3, 0.4) is 0 Å². The maximum Gasteiger partial charge on any atom is 0.337 e. The molecule has 0 amide bonds. The molecule has 2 aliphatic rings. The summed E-state index contributed by atoms with van der Waals surface area (Å²) >= 11 is 0. The van der Waals surface area contributed by atoms with Gasteiger partial charge in [0.15, 0.2) is 0 Å². The Morgan fingerprint density at radius 3 is 2.67 bits per heavy atom. The van der Waals surface area contributed by atoms with Crippen LogP contribution in [-0.2, 0) is 19.0 Å². The molecule has 3 atom stereocenters. The molecule has 4 nitrogen and oxygen atoms in total. The lowest BCUT2D eigenvalue weighted by Crippen LogP contribution is -2.27.